The average Bonchev–Trinajstić information content (AvgIpc) is 3.33. The Balaban J connectivity index is 1.55. The van der Waals surface area contributed by atoms with Gasteiger partial charge in [-0.2, -0.15) is 0 Å². The van der Waals surface area contributed by atoms with Gasteiger partial charge in [-0.25, -0.2) is 19.0 Å². The summed E-state index contributed by atoms with van der Waals surface area (Å²) in [6.45, 7) is 0.381. The number of methoxy groups -OCH3 is 1. The Hall–Kier alpha value is -3.14. The van der Waals surface area contributed by atoms with Gasteiger partial charge in [0, 0.05) is 12.2 Å². The summed E-state index contributed by atoms with van der Waals surface area (Å²) in [5, 5.41) is 0.516. The third-order valence-corrected chi connectivity index (χ3v) is 5.09. The first-order chi connectivity index (χ1) is 14.0. The predicted molar refractivity (Wildman–Crippen MR) is 103 cm³/mol. The molecule has 0 bridgehead atoms. The van der Waals surface area contributed by atoms with Crippen molar-refractivity contribution >= 4 is 29.6 Å². The molecule has 8 nitrogen and oxygen atoms in total. The maximum Gasteiger partial charge on any atom is 0.356 e. The summed E-state index contributed by atoms with van der Waals surface area (Å²) < 4.78 is 24.4. The molecule has 0 unspecified atom stereocenters. The van der Waals surface area contributed by atoms with E-state index >= 15 is 0 Å². The number of hydrogen-bond donors (Lipinski definition) is 0. The molecular formula is C19H18FN3O5S. The first-order valence-corrected chi connectivity index (χ1v) is 9.66. The predicted octanol–water partition coefficient (Wildman–Crippen LogP) is 2.15. The molecule has 0 N–H and O–H groups in total. The monoisotopic (exact) mass is 419 g/mol. The molecule has 1 aromatic heterocycles. The summed E-state index contributed by atoms with van der Waals surface area (Å²) in [6.07, 6.45) is 4.46. The molecule has 0 saturated carbocycles. The normalized spacial score (nSPS) is 15.0. The van der Waals surface area contributed by atoms with Crippen molar-refractivity contribution in [2.24, 2.45) is 0 Å². The van der Waals surface area contributed by atoms with Gasteiger partial charge >= 0.3 is 11.9 Å². The standard InChI is InChI=1S/C19H18FN3O5S/c1-27-18(25)9-17-22(16(24)11-29-17)7-2-8-28-19(26)15-10-21-12-23(15)14-5-3-13(20)4-6-14/h3-6,9-10,12H,2,7-8,11H2,1H3/b17-9+. The van der Waals surface area contributed by atoms with E-state index in [2.05, 4.69) is 9.72 Å². The van der Waals surface area contributed by atoms with E-state index in [1.54, 1.807) is 0 Å². The number of rotatable bonds is 7. The van der Waals surface area contributed by atoms with Crippen molar-refractivity contribution in [1.29, 1.82) is 0 Å². The highest BCUT2D eigenvalue weighted by Crippen LogP contribution is 2.28. The molecule has 1 aromatic carbocycles. The van der Waals surface area contributed by atoms with Crippen molar-refractivity contribution in [1.82, 2.24) is 14.5 Å². The lowest BCUT2D eigenvalue weighted by atomic mass is 10.3. The zero-order valence-electron chi connectivity index (χ0n) is 15.5. The third kappa shape index (κ3) is 5.02. The van der Waals surface area contributed by atoms with Crippen LogP contribution in [0.3, 0.4) is 0 Å². The van der Waals surface area contributed by atoms with Crippen molar-refractivity contribution in [2.45, 2.75) is 6.42 Å². The van der Waals surface area contributed by atoms with Crippen molar-refractivity contribution in [3.63, 3.8) is 0 Å². The van der Waals surface area contributed by atoms with E-state index in [9.17, 15) is 18.8 Å². The maximum absolute atomic E-state index is 13.1. The van der Waals surface area contributed by atoms with Crippen LogP contribution < -0.4 is 0 Å². The van der Waals surface area contributed by atoms with Gasteiger partial charge in [0.1, 0.15) is 5.82 Å². The molecule has 2 aromatic rings. The van der Waals surface area contributed by atoms with Gasteiger partial charge in [0.2, 0.25) is 5.91 Å². The van der Waals surface area contributed by atoms with Crippen LogP contribution in [0.5, 0.6) is 0 Å². The van der Waals surface area contributed by atoms with E-state index in [0.717, 1.165) is 0 Å². The number of nitrogens with zero attached hydrogens (tertiary/aromatic N) is 3. The highest BCUT2D eigenvalue weighted by atomic mass is 32.2. The van der Waals surface area contributed by atoms with Gasteiger partial charge < -0.3 is 14.4 Å². The molecule has 1 amide bonds. The van der Waals surface area contributed by atoms with Gasteiger partial charge in [-0.15, -0.1) is 0 Å². The van der Waals surface area contributed by atoms with Crippen LogP contribution in [0.1, 0.15) is 16.9 Å². The Labute approximate surface area is 170 Å². The Morgan fingerprint density at radius 2 is 2.07 bits per heavy atom. The smallest absolute Gasteiger partial charge is 0.356 e. The molecule has 1 aliphatic heterocycles. The van der Waals surface area contributed by atoms with Crippen LogP contribution in [-0.4, -0.2) is 58.3 Å². The number of thioether (sulfide) groups is 1. The molecule has 152 valence electrons. The summed E-state index contributed by atoms with van der Waals surface area (Å²) in [5.41, 5.74) is 0.781. The summed E-state index contributed by atoms with van der Waals surface area (Å²) in [6, 6.07) is 5.63. The molecule has 2 heterocycles. The van der Waals surface area contributed by atoms with Gasteiger partial charge in [-0.3, -0.25) is 9.36 Å². The van der Waals surface area contributed by atoms with E-state index in [4.69, 9.17) is 4.74 Å². The van der Waals surface area contributed by atoms with Crippen molar-refractivity contribution < 1.29 is 28.2 Å². The van der Waals surface area contributed by atoms with Crippen LogP contribution in [0.25, 0.3) is 5.69 Å². The molecule has 0 atom stereocenters. The van der Waals surface area contributed by atoms with Crippen LogP contribution in [0.4, 0.5) is 4.39 Å². The zero-order valence-corrected chi connectivity index (χ0v) is 16.4. The first kappa shape index (κ1) is 20.6. The van der Waals surface area contributed by atoms with E-state index in [1.807, 2.05) is 0 Å². The Bertz CT molecular complexity index is 942. The SMILES string of the molecule is COC(=O)/C=C1/SCC(=O)N1CCCOC(=O)c1cncn1-c1ccc(F)cc1. The third-order valence-electron chi connectivity index (χ3n) is 4.06. The fourth-order valence-electron chi connectivity index (χ4n) is 2.64. The van der Waals surface area contributed by atoms with E-state index in [1.165, 1.54) is 71.2 Å². The number of amides is 1. The highest BCUT2D eigenvalue weighted by Gasteiger charge is 2.27. The number of esters is 2. The van der Waals surface area contributed by atoms with Crippen molar-refractivity contribution in [3.8, 4) is 5.69 Å². The second-order valence-corrected chi connectivity index (χ2v) is 6.95. The summed E-state index contributed by atoms with van der Waals surface area (Å²) in [5.74, 6) is -1.37. The number of hydrogen-bond acceptors (Lipinski definition) is 7. The molecule has 1 fully saturated rings. The number of carbonyl (C=O) groups is 3. The quantitative estimate of drug-likeness (QED) is 0.386. The fourth-order valence-corrected chi connectivity index (χ4v) is 3.60. The molecule has 3 rings (SSSR count). The Morgan fingerprint density at radius 1 is 1.31 bits per heavy atom. The summed E-state index contributed by atoms with van der Waals surface area (Å²) >= 11 is 1.26. The number of ether oxygens (including phenoxy) is 2. The fraction of sp³-hybridized carbons (Fsp3) is 0.263. The van der Waals surface area contributed by atoms with Gasteiger partial charge in [0.15, 0.2) is 5.69 Å². The topological polar surface area (TPSA) is 90.7 Å². The Morgan fingerprint density at radius 3 is 2.79 bits per heavy atom. The molecule has 0 spiro atoms. The van der Waals surface area contributed by atoms with Crippen LogP contribution in [0.2, 0.25) is 0 Å². The number of benzene rings is 1. The minimum absolute atomic E-state index is 0.0768. The Kier molecular flexibility index (Phi) is 6.65. The number of halogens is 1. The van der Waals surface area contributed by atoms with Crippen LogP contribution in [-0.2, 0) is 19.1 Å². The highest BCUT2D eigenvalue weighted by molar-refractivity contribution is 8.04. The van der Waals surface area contributed by atoms with Crippen molar-refractivity contribution in [3.05, 3.63) is 59.4 Å². The average molecular weight is 419 g/mol. The molecule has 10 heteroatoms. The summed E-state index contributed by atoms with van der Waals surface area (Å²) in [7, 11) is 1.27. The molecule has 1 aliphatic rings. The lowest BCUT2D eigenvalue weighted by Crippen LogP contribution is -2.27. The lowest BCUT2D eigenvalue weighted by Gasteiger charge is -2.16. The molecule has 1 saturated heterocycles. The van der Waals surface area contributed by atoms with Crippen molar-refractivity contribution in [2.75, 3.05) is 26.0 Å². The van der Waals surface area contributed by atoms with E-state index < -0.39 is 11.9 Å². The number of carbonyl (C=O) groups excluding carboxylic acids is 3. The largest absolute Gasteiger partial charge is 0.466 e. The van der Waals surface area contributed by atoms with Crippen LogP contribution in [0.15, 0.2) is 47.9 Å². The summed E-state index contributed by atoms with van der Waals surface area (Å²) in [4.78, 5) is 41.1. The second kappa shape index (κ2) is 9.37. The first-order valence-electron chi connectivity index (χ1n) is 8.68. The van der Waals surface area contributed by atoms with Crippen LogP contribution >= 0.6 is 11.8 Å². The molecule has 0 radical (unpaired) electrons. The number of aromatic nitrogens is 2. The van der Waals surface area contributed by atoms with E-state index in [-0.39, 0.29) is 29.8 Å². The lowest BCUT2D eigenvalue weighted by molar-refractivity contribution is -0.134. The zero-order chi connectivity index (χ0) is 20.8. The van der Waals surface area contributed by atoms with E-state index in [0.29, 0.717) is 23.7 Å². The second-order valence-electron chi connectivity index (χ2n) is 5.95. The maximum atomic E-state index is 13.1. The molecular weight excluding hydrogens is 401 g/mol. The minimum atomic E-state index is -0.584. The van der Waals surface area contributed by atoms with Gasteiger partial charge in [-0.05, 0) is 30.7 Å². The van der Waals surface area contributed by atoms with Crippen LogP contribution in [0, 0.1) is 5.82 Å². The minimum Gasteiger partial charge on any atom is -0.466 e. The molecule has 29 heavy (non-hydrogen) atoms. The van der Waals surface area contributed by atoms with Gasteiger partial charge in [-0.1, -0.05) is 11.8 Å². The molecule has 0 aliphatic carbocycles. The number of imidazole rings is 1. The van der Waals surface area contributed by atoms with Gasteiger partial charge in [0.25, 0.3) is 0 Å². The van der Waals surface area contributed by atoms with Gasteiger partial charge in [0.05, 0.1) is 43.1 Å².